The molecule has 0 spiro atoms. The number of carbonyl (C=O) groups is 1. The third-order valence-corrected chi connectivity index (χ3v) is 4.35. The van der Waals surface area contributed by atoms with Crippen LogP contribution in [0.2, 0.25) is 0 Å². The van der Waals surface area contributed by atoms with Gasteiger partial charge in [-0.1, -0.05) is 31.2 Å². The molecule has 3 rings (SSSR count). The molecule has 134 valence electrons. The van der Waals surface area contributed by atoms with E-state index < -0.39 is 0 Å². The van der Waals surface area contributed by atoms with Gasteiger partial charge in [0.2, 0.25) is 0 Å². The summed E-state index contributed by atoms with van der Waals surface area (Å²) in [5.74, 6) is 0.406. The van der Waals surface area contributed by atoms with Crippen LogP contribution in [-0.2, 0) is 11.3 Å². The number of hydrogen-bond donors (Lipinski definition) is 1. The van der Waals surface area contributed by atoms with E-state index in [0.29, 0.717) is 23.9 Å². The predicted molar refractivity (Wildman–Crippen MR) is 103 cm³/mol. The van der Waals surface area contributed by atoms with Crippen molar-refractivity contribution in [2.45, 2.75) is 20.0 Å². The number of aromatic nitrogens is 1. The lowest BCUT2D eigenvalue weighted by atomic mass is 10.1. The van der Waals surface area contributed by atoms with Gasteiger partial charge in [-0.25, -0.2) is 9.78 Å². The summed E-state index contributed by atoms with van der Waals surface area (Å²) in [4.78, 5) is 16.3. The first kappa shape index (κ1) is 17.9. The Hall–Kier alpha value is -2.86. The van der Waals surface area contributed by atoms with E-state index in [0.717, 1.165) is 29.0 Å². The fourth-order valence-corrected chi connectivity index (χ4v) is 3.01. The molecular formula is C20H20N2O3S. The zero-order valence-corrected chi connectivity index (χ0v) is 15.3. The number of nitrogen functional groups attached to an aromatic ring is 1. The molecule has 0 fully saturated rings. The molecular weight excluding hydrogens is 348 g/mol. The lowest BCUT2D eigenvalue weighted by Crippen LogP contribution is -2.07. The number of carbonyl (C=O) groups excluding carboxylic acids is 1. The fraction of sp³-hybridized carbons (Fsp3) is 0.200. The van der Waals surface area contributed by atoms with Crippen LogP contribution in [-0.4, -0.2) is 17.6 Å². The summed E-state index contributed by atoms with van der Waals surface area (Å²) in [5, 5.41) is 2.43. The summed E-state index contributed by atoms with van der Waals surface area (Å²) in [6.07, 6.45) is 0.798. The highest BCUT2D eigenvalue weighted by molar-refractivity contribution is 7.13. The number of rotatable bonds is 7. The van der Waals surface area contributed by atoms with Crippen molar-refractivity contribution in [2.24, 2.45) is 0 Å². The first-order valence-corrected chi connectivity index (χ1v) is 9.24. The topological polar surface area (TPSA) is 74.4 Å². The molecule has 2 aromatic carbocycles. The van der Waals surface area contributed by atoms with Gasteiger partial charge in [0, 0.05) is 10.9 Å². The van der Waals surface area contributed by atoms with Gasteiger partial charge in [0.05, 0.1) is 17.9 Å². The highest BCUT2D eigenvalue weighted by atomic mass is 32.1. The maximum atomic E-state index is 12.0. The first-order chi connectivity index (χ1) is 12.7. The van der Waals surface area contributed by atoms with Gasteiger partial charge in [-0.15, -0.1) is 11.3 Å². The minimum Gasteiger partial charge on any atom is -0.488 e. The molecule has 0 bridgehead atoms. The monoisotopic (exact) mass is 368 g/mol. The average Bonchev–Trinajstić information content (AvgIpc) is 3.11. The van der Waals surface area contributed by atoms with Crippen LogP contribution in [0.5, 0.6) is 5.75 Å². The maximum absolute atomic E-state index is 12.0. The van der Waals surface area contributed by atoms with E-state index in [4.69, 9.17) is 15.2 Å². The second-order valence-corrected chi connectivity index (χ2v) is 6.58. The Morgan fingerprint density at radius 1 is 1.19 bits per heavy atom. The standard InChI is InChI=1S/C20H20N2O3S/c1-2-10-24-19(23)15-7-5-6-14(11-15)12-25-18-9-4-3-8-16(18)17-13-26-20(21)22-17/h3-9,11,13H,2,10,12H2,1H3,(H2,21,22). The quantitative estimate of drug-likeness (QED) is 0.620. The Balaban J connectivity index is 1.73. The smallest absolute Gasteiger partial charge is 0.338 e. The van der Waals surface area contributed by atoms with Crippen LogP contribution in [0.4, 0.5) is 5.13 Å². The van der Waals surface area contributed by atoms with Crippen LogP contribution < -0.4 is 10.5 Å². The zero-order chi connectivity index (χ0) is 18.4. The van der Waals surface area contributed by atoms with Crippen molar-refractivity contribution in [2.75, 3.05) is 12.3 Å². The fourth-order valence-electron chi connectivity index (χ4n) is 2.44. The number of nitrogens with two attached hydrogens (primary N) is 1. The molecule has 0 saturated carbocycles. The van der Waals surface area contributed by atoms with Gasteiger partial charge >= 0.3 is 5.97 Å². The lowest BCUT2D eigenvalue weighted by molar-refractivity contribution is 0.0505. The highest BCUT2D eigenvalue weighted by Gasteiger charge is 2.11. The zero-order valence-electron chi connectivity index (χ0n) is 14.5. The van der Waals surface area contributed by atoms with E-state index in [1.807, 2.05) is 48.7 Å². The van der Waals surface area contributed by atoms with E-state index >= 15 is 0 Å². The van der Waals surface area contributed by atoms with Gasteiger partial charge in [-0.3, -0.25) is 0 Å². The molecule has 6 heteroatoms. The number of anilines is 1. The highest BCUT2D eigenvalue weighted by Crippen LogP contribution is 2.31. The minimum atomic E-state index is -0.313. The third-order valence-electron chi connectivity index (χ3n) is 3.68. The molecule has 0 saturated heterocycles. The molecule has 0 aliphatic carbocycles. The average molecular weight is 368 g/mol. The van der Waals surface area contributed by atoms with Crippen molar-refractivity contribution in [3.63, 3.8) is 0 Å². The number of para-hydroxylation sites is 1. The van der Waals surface area contributed by atoms with E-state index in [2.05, 4.69) is 4.98 Å². The van der Waals surface area contributed by atoms with Crippen LogP contribution in [0, 0.1) is 0 Å². The number of hydrogen-bond acceptors (Lipinski definition) is 6. The van der Waals surface area contributed by atoms with Crippen molar-refractivity contribution >= 4 is 22.4 Å². The molecule has 1 heterocycles. The molecule has 0 amide bonds. The first-order valence-electron chi connectivity index (χ1n) is 8.36. The third kappa shape index (κ3) is 4.40. The second-order valence-electron chi connectivity index (χ2n) is 5.69. The lowest BCUT2D eigenvalue weighted by Gasteiger charge is -2.11. The van der Waals surface area contributed by atoms with Crippen molar-refractivity contribution < 1.29 is 14.3 Å². The molecule has 0 aliphatic rings. The Bertz CT molecular complexity index is 892. The molecule has 1 aromatic heterocycles. The number of ether oxygens (including phenoxy) is 2. The Morgan fingerprint density at radius 3 is 2.81 bits per heavy atom. The van der Waals surface area contributed by atoms with Gasteiger partial charge in [-0.2, -0.15) is 0 Å². The van der Waals surface area contributed by atoms with E-state index in [9.17, 15) is 4.79 Å². The predicted octanol–water partition coefficient (Wildman–Crippen LogP) is 4.54. The summed E-state index contributed by atoms with van der Waals surface area (Å²) in [6.45, 7) is 2.72. The Kier molecular flexibility index (Phi) is 5.86. The Morgan fingerprint density at radius 2 is 2.04 bits per heavy atom. The summed E-state index contributed by atoms with van der Waals surface area (Å²) >= 11 is 1.39. The van der Waals surface area contributed by atoms with Crippen LogP contribution in [0.15, 0.2) is 53.9 Å². The number of nitrogens with zero attached hydrogens (tertiary/aromatic N) is 1. The van der Waals surface area contributed by atoms with E-state index in [-0.39, 0.29) is 5.97 Å². The SMILES string of the molecule is CCCOC(=O)c1cccc(COc2ccccc2-c2csc(N)n2)c1. The van der Waals surface area contributed by atoms with E-state index in [1.54, 1.807) is 12.1 Å². The molecule has 0 unspecified atom stereocenters. The molecule has 2 N–H and O–H groups in total. The van der Waals surface area contributed by atoms with Gasteiger partial charge < -0.3 is 15.2 Å². The van der Waals surface area contributed by atoms with Crippen LogP contribution in [0.3, 0.4) is 0 Å². The molecule has 0 radical (unpaired) electrons. The molecule has 26 heavy (non-hydrogen) atoms. The molecule has 5 nitrogen and oxygen atoms in total. The van der Waals surface area contributed by atoms with Crippen LogP contribution in [0.1, 0.15) is 29.3 Å². The summed E-state index contributed by atoms with van der Waals surface area (Å²) in [6, 6.07) is 15.0. The number of benzene rings is 2. The second kappa shape index (κ2) is 8.49. The van der Waals surface area contributed by atoms with Crippen molar-refractivity contribution in [3.8, 4) is 17.0 Å². The van der Waals surface area contributed by atoms with Gasteiger partial charge in [0.25, 0.3) is 0 Å². The number of esters is 1. The molecule has 0 atom stereocenters. The van der Waals surface area contributed by atoms with Crippen molar-refractivity contribution in [3.05, 3.63) is 65.0 Å². The van der Waals surface area contributed by atoms with Crippen LogP contribution >= 0.6 is 11.3 Å². The molecule has 3 aromatic rings. The normalized spacial score (nSPS) is 10.5. The van der Waals surface area contributed by atoms with Gasteiger partial charge in [-0.05, 0) is 36.2 Å². The van der Waals surface area contributed by atoms with Crippen molar-refractivity contribution in [1.82, 2.24) is 4.98 Å². The summed E-state index contributed by atoms with van der Waals surface area (Å²) in [7, 11) is 0. The Labute approximate surface area is 156 Å². The molecule has 0 aliphatic heterocycles. The number of thiazole rings is 1. The summed E-state index contributed by atoms with van der Waals surface area (Å²) in [5.41, 5.74) is 8.83. The maximum Gasteiger partial charge on any atom is 0.338 e. The minimum absolute atomic E-state index is 0.313. The van der Waals surface area contributed by atoms with Gasteiger partial charge in [0.1, 0.15) is 12.4 Å². The van der Waals surface area contributed by atoms with Crippen LogP contribution in [0.25, 0.3) is 11.3 Å². The summed E-state index contributed by atoms with van der Waals surface area (Å²) < 4.78 is 11.2. The van der Waals surface area contributed by atoms with E-state index in [1.165, 1.54) is 11.3 Å². The largest absolute Gasteiger partial charge is 0.488 e. The van der Waals surface area contributed by atoms with Crippen molar-refractivity contribution in [1.29, 1.82) is 0 Å². The van der Waals surface area contributed by atoms with Gasteiger partial charge in [0.15, 0.2) is 5.13 Å².